The molecule has 2 rings (SSSR count). The fourth-order valence-corrected chi connectivity index (χ4v) is 6.11. The van der Waals surface area contributed by atoms with Crippen LogP contribution in [0.5, 0.6) is 0 Å². The fraction of sp³-hybridized carbons (Fsp3) is 0.774. The Morgan fingerprint density at radius 1 is 1.17 bits per heavy atom. The van der Waals surface area contributed by atoms with Gasteiger partial charge in [0.1, 0.15) is 11.0 Å². The van der Waals surface area contributed by atoms with Gasteiger partial charge in [-0.05, 0) is 51.1 Å². The molecule has 1 aromatic rings. The molecule has 1 N–H and O–H groups in total. The number of likely N-dealkylation sites (tertiary alicyclic amines) is 1. The van der Waals surface area contributed by atoms with Crippen molar-refractivity contribution < 1.29 is 28.7 Å². The largest absolute Gasteiger partial charge is 0.455 e. The van der Waals surface area contributed by atoms with E-state index in [1.54, 1.807) is 4.90 Å². The van der Waals surface area contributed by atoms with E-state index in [9.17, 15) is 19.2 Å². The van der Waals surface area contributed by atoms with Gasteiger partial charge in [0.15, 0.2) is 12.8 Å². The topological polar surface area (TPSA) is 118 Å². The second-order valence-corrected chi connectivity index (χ2v) is 13.3. The van der Waals surface area contributed by atoms with Crippen molar-refractivity contribution >= 4 is 35.1 Å². The molecule has 1 unspecified atom stereocenters. The molecular formula is C31H52N4O6S. The van der Waals surface area contributed by atoms with Crippen molar-refractivity contribution in [1.29, 1.82) is 0 Å². The van der Waals surface area contributed by atoms with E-state index in [1.165, 1.54) is 18.3 Å². The van der Waals surface area contributed by atoms with Gasteiger partial charge in [-0.2, -0.15) is 0 Å². The zero-order valence-corrected chi connectivity index (χ0v) is 27.8. The first-order chi connectivity index (χ1) is 19.7. The maximum absolute atomic E-state index is 14.5. The lowest BCUT2D eigenvalue weighted by Gasteiger charge is -2.39. The minimum Gasteiger partial charge on any atom is -0.455 e. The van der Waals surface area contributed by atoms with E-state index < -0.39 is 30.1 Å². The van der Waals surface area contributed by atoms with Crippen LogP contribution in [0, 0.1) is 24.7 Å². The summed E-state index contributed by atoms with van der Waals surface area (Å²) in [6.45, 7) is 15.5. The first kappa shape index (κ1) is 35.7. The van der Waals surface area contributed by atoms with Gasteiger partial charge in [-0.15, -0.1) is 11.3 Å². The van der Waals surface area contributed by atoms with Gasteiger partial charge in [0.2, 0.25) is 11.8 Å². The third kappa shape index (κ3) is 10.6. The van der Waals surface area contributed by atoms with Gasteiger partial charge in [0.25, 0.3) is 0 Å². The van der Waals surface area contributed by atoms with Gasteiger partial charge in [-0.1, -0.05) is 54.4 Å². The normalized spacial score (nSPS) is 18.7. The lowest BCUT2D eigenvalue weighted by molar-refractivity contribution is -0.160. The molecule has 0 saturated carbocycles. The number of piperidine rings is 1. The highest BCUT2D eigenvalue weighted by molar-refractivity contribution is 7.09. The smallest absolute Gasteiger partial charge is 0.307 e. The molecule has 11 heteroatoms. The van der Waals surface area contributed by atoms with Crippen LogP contribution in [-0.4, -0.2) is 77.0 Å². The molecule has 5 atom stereocenters. The van der Waals surface area contributed by atoms with Crippen LogP contribution < -0.4 is 5.32 Å². The lowest BCUT2D eigenvalue weighted by Crippen LogP contribution is -2.59. The Balaban J connectivity index is 2.45. The van der Waals surface area contributed by atoms with Crippen LogP contribution in [0.1, 0.15) is 104 Å². The lowest BCUT2D eigenvalue weighted by atomic mass is 9.92. The molecule has 42 heavy (non-hydrogen) atoms. The fourth-order valence-electron chi connectivity index (χ4n) is 5.27. The quantitative estimate of drug-likeness (QED) is 0.222. The molecular weight excluding hydrogens is 556 g/mol. The minimum atomic E-state index is -0.808. The van der Waals surface area contributed by atoms with Crippen molar-refractivity contribution in [3.8, 4) is 0 Å². The van der Waals surface area contributed by atoms with Crippen LogP contribution in [0.4, 0.5) is 0 Å². The molecule has 0 spiro atoms. The monoisotopic (exact) mass is 608 g/mol. The number of hydrogen-bond acceptors (Lipinski definition) is 9. The number of nitrogens with zero attached hydrogens (tertiary/aromatic N) is 3. The molecule has 1 aliphatic rings. The van der Waals surface area contributed by atoms with E-state index in [1.807, 2.05) is 65.8 Å². The highest BCUT2D eigenvalue weighted by Gasteiger charge is 2.39. The van der Waals surface area contributed by atoms with E-state index in [0.29, 0.717) is 11.4 Å². The molecule has 0 bridgehead atoms. The number of likely N-dealkylation sites (N-methyl/N-ethyl adjacent to an activating group) is 1. The van der Waals surface area contributed by atoms with Crippen LogP contribution in [-0.2, 0) is 28.7 Å². The van der Waals surface area contributed by atoms with Crippen LogP contribution >= 0.6 is 11.3 Å². The van der Waals surface area contributed by atoms with Crippen molar-refractivity contribution in [2.45, 2.75) is 118 Å². The van der Waals surface area contributed by atoms with Crippen LogP contribution in [0.15, 0.2) is 5.38 Å². The molecule has 2 amide bonds. The van der Waals surface area contributed by atoms with Gasteiger partial charge in [0, 0.05) is 36.9 Å². The molecule has 1 aliphatic heterocycles. The average molecular weight is 609 g/mol. The van der Waals surface area contributed by atoms with Gasteiger partial charge in [0.05, 0.1) is 6.04 Å². The Bertz CT molecular complexity index is 1040. The van der Waals surface area contributed by atoms with E-state index in [-0.39, 0.29) is 55.2 Å². The summed E-state index contributed by atoms with van der Waals surface area (Å²) in [6, 6.07) is -1.58. The second kappa shape index (κ2) is 16.9. The Hall–Kier alpha value is -2.53. The predicted octanol–water partition coefficient (Wildman–Crippen LogP) is 4.86. The molecule has 10 nitrogen and oxygen atoms in total. The molecule has 238 valence electrons. The van der Waals surface area contributed by atoms with Gasteiger partial charge < -0.3 is 19.7 Å². The first-order valence-corrected chi connectivity index (χ1v) is 16.2. The molecule has 1 fully saturated rings. The standard InChI is InChI=1S/C31H52N4O6S/c1-10-21(6)28(33-29(38)24-13-11-12-14-34(24)9)31(39)35(18-40-27(37)15-19(2)3)25(20(4)5)16-26(41-23(8)36)30-32-22(7)17-42-30/h17,19-21,24-26,28H,10-16,18H2,1-9H3,(H,33,38)/t21?,24-,25-,26-,28+/m1/s1. The number of nitrogens with one attached hydrogen (secondary N) is 1. The van der Waals surface area contributed by atoms with Crippen LogP contribution in [0.3, 0.4) is 0 Å². The summed E-state index contributed by atoms with van der Waals surface area (Å²) in [6.07, 6.45) is 3.23. The predicted molar refractivity (Wildman–Crippen MR) is 164 cm³/mol. The van der Waals surface area contributed by atoms with Crippen molar-refractivity contribution in [1.82, 2.24) is 20.1 Å². The zero-order valence-electron chi connectivity index (χ0n) is 27.0. The third-order valence-corrected chi connectivity index (χ3v) is 8.97. The summed E-state index contributed by atoms with van der Waals surface area (Å²) in [5.41, 5.74) is 0.816. The first-order valence-electron chi connectivity index (χ1n) is 15.3. The summed E-state index contributed by atoms with van der Waals surface area (Å²) in [5, 5.41) is 5.61. The number of carbonyl (C=O) groups excluding carboxylic acids is 4. The SMILES string of the molecule is CCC(C)[C@H](NC(=O)[C@H]1CCCCN1C)C(=O)N(COC(=O)CC(C)C)[C@H](C[C@@H](OC(C)=O)c1nc(C)cs1)C(C)C. The number of aromatic nitrogens is 1. The Kier molecular flexibility index (Phi) is 14.4. The zero-order chi connectivity index (χ0) is 31.6. The summed E-state index contributed by atoms with van der Waals surface area (Å²) >= 11 is 1.40. The van der Waals surface area contributed by atoms with E-state index in [4.69, 9.17) is 9.47 Å². The highest BCUT2D eigenvalue weighted by atomic mass is 32.1. The molecule has 0 radical (unpaired) electrons. The maximum Gasteiger partial charge on any atom is 0.307 e. The van der Waals surface area contributed by atoms with Gasteiger partial charge >= 0.3 is 11.9 Å². The van der Waals surface area contributed by atoms with E-state index in [0.717, 1.165) is 31.5 Å². The van der Waals surface area contributed by atoms with Crippen LogP contribution in [0.2, 0.25) is 0 Å². The number of ether oxygens (including phenoxy) is 2. The number of amides is 2. The Morgan fingerprint density at radius 3 is 2.38 bits per heavy atom. The summed E-state index contributed by atoms with van der Waals surface area (Å²) in [7, 11) is 1.94. The minimum absolute atomic E-state index is 0.0883. The van der Waals surface area contributed by atoms with E-state index in [2.05, 4.69) is 10.3 Å². The summed E-state index contributed by atoms with van der Waals surface area (Å²) in [5.74, 6) is -1.47. The molecule has 1 saturated heterocycles. The second-order valence-electron chi connectivity index (χ2n) is 12.4. The van der Waals surface area contributed by atoms with Crippen molar-refractivity contribution in [3.05, 3.63) is 16.1 Å². The van der Waals surface area contributed by atoms with Crippen molar-refractivity contribution in [2.24, 2.45) is 17.8 Å². The summed E-state index contributed by atoms with van der Waals surface area (Å²) in [4.78, 5) is 60.8. The molecule has 0 aromatic carbocycles. The number of carbonyl (C=O) groups is 4. The molecule has 1 aromatic heterocycles. The highest BCUT2D eigenvalue weighted by Crippen LogP contribution is 2.31. The van der Waals surface area contributed by atoms with E-state index >= 15 is 0 Å². The molecule has 0 aliphatic carbocycles. The number of esters is 2. The van der Waals surface area contributed by atoms with Gasteiger partial charge in [-0.25, -0.2) is 4.98 Å². The Labute approximate surface area is 255 Å². The van der Waals surface area contributed by atoms with Crippen LogP contribution in [0.25, 0.3) is 0 Å². The van der Waals surface area contributed by atoms with Gasteiger partial charge in [-0.3, -0.25) is 24.1 Å². The number of aryl methyl sites for hydroxylation is 1. The number of thiazole rings is 1. The average Bonchev–Trinajstić information content (AvgIpc) is 3.35. The van der Waals surface area contributed by atoms with Crippen molar-refractivity contribution in [2.75, 3.05) is 20.3 Å². The maximum atomic E-state index is 14.5. The Morgan fingerprint density at radius 2 is 1.86 bits per heavy atom. The summed E-state index contributed by atoms with van der Waals surface area (Å²) < 4.78 is 11.4. The molecule has 2 heterocycles. The number of rotatable bonds is 15. The number of hydrogen-bond donors (Lipinski definition) is 1. The van der Waals surface area contributed by atoms with Crippen molar-refractivity contribution in [3.63, 3.8) is 0 Å². The third-order valence-electron chi connectivity index (χ3n) is 7.92.